The third kappa shape index (κ3) is 7.01. The van der Waals surface area contributed by atoms with Crippen LogP contribution in [0.1, 0.15) is 5.56 Å². The molecule has 0 bridgehead atoms. The lowest BCUT2D eigenvalue weighted by Gasteiger charge is -2.27. The van der Waals surface area contributed by atoms with E-state index in [0.29, 0.717) is 24.0 Å². The Morgan fingerprint density at radius 1 is 1.29 bits per heavy atom. The normalized spacial score (nSPS) is 17.1. The molecule has 4 nitrogen and oxygen atoms in total. The summed E-state index contributed by atoms with van der Waals surface area (Å²) in [6.07, 6.45) is 0. The number of hydrogen-bond donors (Lipinski definition) is 1. The molecule has 7 heteroatoms. The quantitative estimate of drug-likeness (QED) is 0.433. The van der Waals surface area contributed by atoms with Crippen molar-refractivity contribution in [3.63, 3.8) is 0 Å². The summed E-state index contributed by atoms with van der Waals surface area (Å²) >= 11 is 1.95. The zero-order valence-corrected chi connectivity index (χ0v) is 15.9. The van der Waals surface area contributed by atoms with Crippen LogP contribution in [0.3, 0.4) is 0 Å². The number of nitrogens with zero attached hydrogens (tertiary/aromatic N) is 2. The Bertz CT molecular complexity index is 465. The SMILES string of the molecule is I.NC(=NCCS(=O)Cc1ccccc1)N1CCSCC1. The molecule has 0 saturated carbocycles. The second-order valence-corrected chi connectivity index (χ2v) is 7.41. The number of nitrogens with two attached hydrogens (primary N) is 1. The lowest BCUT2D eigenvalue weighted by molar-refractivity contribution is 0.456. The Kier molecular flexibility index (Phi) is 9.34. The highest BCUT2D eigenvalue weighted by atomic mass is 127. The lowest BCUT2D eigenvalue weighted by atomic mass is 10.2. The van der Waals surface area contributed by atoms with Crippen LogP contribution in [-0.4, -0.2) is 52.0 Å². The van der Waals surface area contributed by atoms with Gasteiger partial charge >= 0.3 is 0 Å². The molecular formula is C14H22IN3OS2. The zero-order valence-electron chi connectivity index (χ0n) is 11.9. The second kappa shape index (κ2) is 10.4. The highest BCUT2D eigenvalue weighted by molar-refractivity contribution is 14.0. The molecule has 1 saturated heterocycles. The molecule has 0 aromatic heterocycles. The molecule has 1 atom stereocenters. The average molecular weight is 439 g/mol. The number of halogens is 1. The van der Waals surface area contributed by atoms with Crippen LogP contribution in [0.4, 0.5) is 0 Å². The maximum Gasteiger partial charge on any atom is 0.191 e. The number of rotatable bonds is 5. The number of guanidine groups is 1. The summed E-state index contributed by atoms with van der Waals surface area (Å²) in [4.78, 5) is 6.46. The van der Waals surface area contributed by atoms with Gasteiger partial charge in [0.2, 0.25) is 0 Å². The minimum Gasteiger partial charge on any atom is -0.370 e. The van der Waals surface area contributed by atoms with Crippen molar-refractivity contribution in [2.45, 2.75) is 5.75 Å². The van der Waals surface area contributed by atoms with E-state index in [1.54, 1.807) is 0 Å². The topological polar surface area (TPSA) is 58.7 Å². The highest BCUT2D eigenvalue weighted by Gasteiger charge is 2.11. The molecule has 0 aliphatic carbocycles. The van der Waals surface area contributed by atoms with Crippen molar-refractivity contribution in [3.05, 3.63) is 35.9 Å². The summed E-state index contributed by atoms with van der Waals surface area (Å²) in [5.74, 6) is 3.98. The van der Waals surface area contributed by atoms with Crippen LogP contribution >= 0.6 is 35.7 Å². The van der Waals surface area contributed by atoms with Gasteiger partial charge < -0.3 is 10.6 Å². The van der Waals surface area contributed by atoms with Gasteiger partial charge in [0.25, 0.3) is 0 Å². The van der Waals surface area contributed by atoms with E-state index in [-0.39, 0.29) is 24.0 Å². The first kappa shape index (κ1) is 18.8. The van der Waals surface area contributed by atoms with E-state index < -0.39 is 10.8 Å². The van der Waals surface area contributed by atoms with E-state index in [1.807, 2.05) is 42.1 Å². The third-order valence-electron chi connectivity index (χ3n) is 3.10. The molecule has 1 aliphatic rings. The summed E-state index contributed by atoms with van der Waals surface area (Å²) < 4.78 is 12.0. The predicted molar refractivity (Wildman–Crippen MR) is 104 cm³/mol. The van der Waals surface area contributed by atoms with Crippen LogP contribution in [0.5, 0.6) is 0 Å². The molecule has 0 radical (unpaired) electrons. The maximum atomic E-state index is 12.0. The van der Waals surface area contributed by atoms with Crippen LogP contribution in [0.25, 0.3) is 0 Å². The van der Waals surface area contributed by atoms with Gasteiger partial charge in [-0.05, 0) is 5.56 Å². The first-order chi connectivity index (χ1) is 9.75. The Morgan fingerprint density at radius 2 is 1.95 bits per heavy atom. The number of benzene rings is 1. The zero-order chi connectivity index (χ0) is 14.2. The highest BCUT2D eigenvalue weighted by Crippen LogP contribution is 2.08. The minimum atomic E-state index is -0.878. The molecule has 2 rings (SSSR count). The minimum absolute atomic E-state index is 0. The Hall–Kier alpha value is -0.280. The van der Waals surface area contributed by atoms with Gasteiger partial charge in [0.05, 0.1) is 6.54 Å². The van der Waals surface area contributed by atoms with E-state index in [0.717, 1.165) is 30.2 Å². The van der Waals surface area contributed by atoms with Gasteiger partial charge in [-0.2, -0.15) is 11.8 Å². The van der Waals surface area contributed by atoms with E-state index >= 15 is 0 Å². The molecule has 0 amide bonds. The molecule has 2 N–H and O–H groups in total. The van der Waals surface area contributed by atoms with Gasteiger partial charge in [0.15, 0.2) is 5.96 Å². The molecule has 1 aliphatic heterocycles. The Balaban J connectivity index is 0.00000220. The molecule has 1 heterocycles. The summed E-state index contributed by atoms with van der Waals surface area (Å²) in [6, 6.07) is 9.91. The summed E-state index contributed by atoms with van der Waals surface area (Å²) in [5, 5.41) is 0. The molecule has 1 fully saturated rings. The van der Waals surface area contributed by atoms with Gasteiger partial charge in [0.1, 0.15) is 0 Å². The molecular weight excluding hydrogens is 417 g/mol. The number of thioether (sulfide) groups is 1. The van der Waals surface area contributed by atoms with Crippen LogP contribution < -0.4 is 5.73 Å². The average Bonchev–Trinajstić information content (AvgIpc) is 2.49. The third-order valence-corrected chi connectivity index (χ3v) is 5.33. The van der Waals surface area contributed by atoms with Crippen LogP contribution in [0.2, 0.25) is 0 Å². The van der Waals surface area contributed by atoms with Crippen molar-refractivity contribution in [1.82, 2.24) is 4.90 Å². The van der Waals surface area contributed by atoms with Crippen LogP contribution in [0, 0.1) is 0 Å². The van der Waals surface area contributed by atoms with Gasteiger partial charge in [-0.1, -0.05) is 30.3 Å². The fraction of sp³-hybridized carbons (Fsp3) is 0.500. The first-order valence-electron chi connectivity index (χ1n) is 6.77. The molecule has 118 valence electrons. The van der Waals surface area contributed by atoms with Gasteiger partial charge in [-0.15, -0.1) is 24.0 Å². The monoisotopic (exact) mass is 439 g/mol. The first-order valence-corrected chi connectivity index (χ1v) is 9.41. The van der Waals surface area contributed by atoms with Crippen molar-refractivity contribution in [2.75, 3.05) is 36.9 Å². The lowest BCUT2D eigenvalue weighted by Crippen LogP contribution is -2.42. The fourth-order valence-corrected chi connectivity index (χ4v) is 3.89. The van der Waals surface area contributed by atoms with Crippen LogP contribution in [0.15, 0.2) is 35.3 Å². The van der Waals surface area contributed by atoms with Gasteiger partial charge in [0, 0.05) is 46.9 Å². The van der Waals surface area contributed by atoms with Crippen molar-refractivity contribution < 1.29 is 4.21 Å². The molecule has 1 unspecified atom stereocenters. The number of hydrogen-bond acceptors (Lipinski definition) is 3. The molecule has 0 spiro atoms. The maximum absolute atomic E-state index is 12.0. The van der Waals surface area contributed by atoms with E-state index in [4.69, 9.17) is 5.73 Å². The summed E-state index contributed by atoms with van der Waals surface area (Å²) in [5.41, 5.74) is 7.06. The van der Waals surface area contributed by atoms with E-state index in [2.05, 4.69) is 9.89 Å². The Labute approximate surface area is 150 Å². The van der Waals surface area contributed by atoms with Gasteiger partial charge in [-0.25, -0.2) is 0 Å². The fourth-order valence-electron chi connectivity index (χ4n) is 1.99. The largest absolute Gasteiger partial charge is 0.370 e. The Morgan fingerprint density at radius 3 is 2.62 bits per heavy atom. The smallest absolute Gasteiger partial charge is 0.191 e. The summed E-state index contributed by atoms with van der Waals surface area (Å²) in [7, 11) is -0.878. The number of aliphatic imine (C=N–C) groups is 1. The predicted octanol–water partition coefficient (Wildman–Crippen LogP) is 1.92. The van der Waals surface area contributed by atoms with E-state index in [1.165, 1.54) is 0 Å². The molecule has 21 heavy (non-hydrogen) atoms. The van der Waals surface area contributed by atoms with Crippen molar-refractivity contribution in [2.24, 2.45) is 10.7 Å². The standard InChI is InChI=1S/C14H21N3OS2.HI/c15-14(17-7-9-19-10-8-17)16-6-11-20(18)12-13-4-2-1-3-5-13;/h1-5H,6-12H2,(H2,15,16);1H. The van der Waals surface area contributed by atoms with E-state index in [9.17, 15) is 4.21 Å². The molecule has 1 aromatic rings. The summed E-state index contributed by atoms with van der Waals surface area (Å²) in [6.45, 7) is 2.47. The van der Waals surface area contributed by atoms with Crippen molar-refractivity contribution in [1.29, 1.82) is 0 Å². The van der Waals surface area contributed by atoms with Crippen molar-refractivity contribution >= 4 is 52.5 Å². The molecule has 1 aromatic carbocycles. The second-order valence-electron chi connectivity index (χ2n) is 4.61. The van der Waals surface area contributed by atoms with Gasteiger partial charge in [-0.3, -0.25) is 9.20 Å². The van der Waals surface area contributed by atoms with Crippen molar-refractivity contribution in [3.8, 4) is 0 Å². The van der Waals surface area contributed by atoms with Crippen LogP contribution in [-0.2, 0) is 16.6 Å².